The normalized spacial score (nSPS) is 27.4. The maximum absolute atomic E-state index is 5.78. The van der Waals surface area contributed by atoms with Gasteiger partial charge in [-0.1, -0.05) is 17.7 Å². The Morgan fingerprint density at radius 2 is 1.79 bits per heavy atom. The number of ether oxygens (including phenoxy) is 1. The summed E-state index contributed by atoms with van der Waals surface area (Å²) in [5, 5.41) is 0. The van der Waals surface area contributed by atoms with Crippen molar-refractivity contribution in [2.75, 3.05) is 25.4 Å². The Morgan fingerprint density at radius 1 is 1.16 bits per heavy atom. The van der Waals surface area contributed by atoms with E-state index in [4.69, 9.17) is 4.74 Å². The molecule has 0 radical (unpaired) electrons. The van der Waals surface area contributed by atoms with Crippen LogP contribution >= 0.6 is 11.8 Å². The van der Waals surface area contributed by atoms with Crippen LogP contribution in [0.1, 0.15) is 25.8 Å². The average molecular weight is 280 g/mol. The smallest absolute Gasteiger partial charge is 0.104 e. The van der Waals surface area contributed by atoms with Crippen LogP contribution in [0.2, 0.25) is 0 Å². The molecule has 0 aromatic heterocycles. The molecule has 1 aliphatic rings. The highest BCUT2D eigenvalue weighted by Crippen LogP contribution is 2.18. The molecule has 3 heteroatoms. The van der Waals surface area contributed by atoms with Crippen molar-refractivity contribution in [3.63, 3.8) is 0 Å². The first kappa shape index (κ1) is 14.9. The number of quaternary nitrogens is 1. The third-order valence-corrected chi connectivity index (χ3v) is 4.68. The van der Waals surface area contributed by atoms with Gasteiger partial charge in [-0.15, -0.1) is 11.8 Å². The molecular weight excluding hydrogens is 254 g/mol. The Kier molecular flexibility index (Phi) is 5.74. The third kappa shape index (κ3) is 5.17. The van der Waals surface area contributed by atoms with Gasteiger partial charge in [0.15, 0.2) is 0 Å². The van der Waals surface area contributed by atoms with Crippen molar-refractivity contribution in [2.24, 2.45) is 0 Å². The van der Waals surface area contributed by atoms with Gasteiger partial charge in [-0.2, -0.15) is 0 Å². The van der Waals surface area contributed by atoms with Crippen molar-refractivity contribution in [3.05, 3.63) is 29.8 Å². The molecule has 0 spiro atoms. The molecule has 1 heterocycles. The number of aryl methyl sites for hydroxylation is 1. The van der Waals surface area contributed by atoms with Crippen LogP contribution in [-0.2, 0) is 4.74 Å². The molecule has 0 saturated carbocycles. The molecule has 1 aromatic rings. The molecule has 3 atom stereocenters. The molecule has 1 saturated heterocycles. The summed E-state index contributed by atoms with van der Waals surface area (Å²) in [4.78, 5) is 3.10. The van der Waals surface area contributed by atoms with E-state index in [1.54, 1.807) is 4.90 Å². The Labute approximate surface area is 121 Å². The van der Waals surface area contributed by atoms with Crippen LogP contribution < -0.4 is 4.90 Å². The fourth-order valence-corrected chi connectivity index (χ4v) is 3.59. The number of benzene rings is 1. The van der Waals surface area contributed by atoms with Crippen molar-refractivity contribution in [1.29, 1.82) is 0 Å². The average Bonchev–Trinajstić information content (AvgIpc) is 2.36. The molecule has 19 heavy (non-hydrogen) atoms. The van der Waals surface area contributed by atoms with Crippen LogP contribution in [0.15, 0.2) is 29.2 Å². The molecule has 106 valence electrons. The Bertz CT molecular complexity index is 369. The van der Waals surface area contributed by atoms with E-state index in [1.165, 1.54) is 42.3 Å². The van der Waals surface area contributed by atoms with Gasteiger partial charge in [0.2, 0.25) is 0 Å². The van der Waals surface area contributed by atoms with Gasteiger partial charge < -0.3 is 9.64 Å². The molecule has 1 aliphatic heterocycles. The van der Waals surface area contributed by atoms with Crippen molar-refractivity contribution in [3.8, 4) is 0 Å². The number of morpholine rings is 1. The topological polar surface area (TPSA) is 13.7 Å². The molecule has 1 unspecified atom stereocenters. The minimum Gasteiger partial charge on any atom is -0.364 e. The summed E-state index contributed by atoms with van der Waals surface area (Å²) in [5.74, 6) is 1.22. The van der Waals surface area contributed by atoms with Crippen LogP contribution in [0.3, 0.4) is 0 Å². The van der Waals surface area contributed by atoms with Gasteiger partial charge >= 0.3 is 0 Å². The monoisotopic (exact) mass is 280 g/mol. The lowest BCUT2D eigenvalue weighted by molar-refractivity contribution is -0.915. The second-order valence-electron chi connectivity index (χ2n) is 5.68. The lowest BCUT2D eigenvalue weighted by Crippen LogP contribution is -3.15. The quantitative estimate of drug-likeness (QED) is 0.656. The fourth-order valence-electron chi connectivity index (χ4n) is 2.74. The van der Waals surface area contributed by atoms with E-state index in [9.17, 15) is 0 Å². The first-order valence-corrected chi connectivity index (χ1v) is 8.30. The summed E-state index contributed by atoms with van der Waals surface area (Å²) < 4.78 is 5.78. The molecule has 1 N–H and O–H groups in total. The van der Waals surface area contributed by atoms with Gasteiger partial charge in [0.1, 0.15) is 25.3 Å². The van der Waals surface area contributed by atoms with Crippen LogP contribution in [-0.4, -0.2) is 37.6 Å². The van der Waals surface area contributed by atoms with Gasteiger partial charge in [0.05, 0.1) is 6.54 Å². The first-order chi connectivity index (χ1) is 9.13. The second kappa shape index (κ2) is 7.32. The lowest BCUT2D eigenvalue weighted by Gasteiger charge is -2.32. The Hall–Kier alpha value is -0.510. The number of hydrogen-bond acceptors (Lipinski definition) is 2. The van der Waals surface area contributed by atoms with E-state index in [0.717, 1.165) is 0 Å². The zero-order chi connectivity index (χ0) is 13.7. The molecule has 0 bridgehead atoms. The summed E-state index contributed by atoms with van der Waals surface area (Å²) in [6.45, 7) is 10.1. The maximum Gasteiger partial charge on any atom is 0.104 e. The summed E-state index contributed by atoms with van der Waals surface area (Å²) in [6, 6.07) is 8.84. The van der Waals surface area contributed by atoms with Gasteiger partial charge in [-0.3, -0.25) is 0 Å². The van der Waals surface area contributed by atoms with Crippen LogP contribution in [0.25, 0.3) is 0 Å². The molecule has 0 amide bonds. The Morgan fingerprint density at radius 3 is 2.42 bits per heavy atom. The third-order valence-electron chi connectivity index (χ3n) is 3.58. The van der Waals surface area contributed by atoms with Crippen molar-refractivity contribution in [1.82, 2.24) is 0 Å². The van der Waals surface area contributed by atoms with Gasteiger partial charge in [-0.05, 0) is 32.9 Å². The summed E-state index contributed by atoms with van der Waals surface area (Å²) in [6.07, 6.45) is 2.12. The van der Waals surface area contributed by atoms with E-state index in [-0.39, 0.29) is 0 Å². The van der Waals surface area contributed by atoms with E-state index >= 15 is 0 Å². The zero-order valence-electron chi connectivity index (χ0n) is 12.3. The largest absolute Gasteiger partial charge is 0.364 e. The fraction of sp³-hybridized carbons (Fsp3) is 0.625. The van der Waals surface area contributed by atoms with Crippen molar-refractivity contribution < 1.29 is 9.64 Å². The van der Waals surface area contributed by atoms with E-state index in [2.05, 4.69) is 45.0 Å². The zero-order valence-corrected chi connectivity index (χ0v) is 13.1. The predicted molar refractivity (Wildman–Crippen MR) is 82.1 cm³/mol. The summed E-state index contributed by atoms with van der Waals surface area (Å²) in [5.41, 5.74) is 1.34. The van der Waals surface area contributed by atoms with E-state index < -0.39 is 0 Å². The molecule has 1 fully saturated rings. The summed E-state index contributed by atoms with van der Waals surface area (Å²) >= 11 is 1.97. The maximum atomic E-state index is 5.78. The minimum absolute atomic E-state index is 0.420. The first-order valence-electron chi connectivity index (χ1n) is 7.32. The standard InChI is InChI=1S/C16H25NOS/c1-13-5-7-16(8-6-13)19-10-4-9-17-11-14(2)18-15(3)12-17/h5-8,14-15H,4,9-12H2,1-3H3/p+1/t14-,15+. The Balaban J connectivity index is 1.65. The van der Waals surface area contributed by atoms with Gasteiger partial charge in [0, 0.05) is 17.1 Å². The highest BCUT2D eigenvalue weighted by Gasteiger charge is 2.24. The molecule has 1 aromatic carbocycles. The molecular formula is C16H26NOS+. The molecule has 2 rings (SSSR count). The lowest BCUT2D eigenvalue weighted by atomic mass is 10.2. The highest BCUT2D eigenvalue weighted by molar-refractivity contribution is 7.99. The van der Waals surface area contributed by atoms with Crippen molar-refractivity contribution in [2.45, 2.75) is 44.3 Å². The molecule has 2 nitrogen and oxygen atoms in total. The van der Waals surface area contributed by atoms with E-state index in [0.29, 0.717) is 12.2 Å². The molecule has 0 aliphatic carbocycles. The van der Waals surface area contributed by atoms with Gasteiger partial charge in [-0.25, -0.2) is 0 Å². The van der Waals surface area contributed by atoms with Crippen LogP contribution in [0, 0.1) is 6.92 Å². The summed E-state index contributed by atoms with van der Waals surface area (Å²) in [7, 11) is 0. The van der Waals surface area contributed by atoms with Crippen LogP contribution in [0.4, 0.5) is 0 Å². The van der Waals surface area contributed by atoms with Crippen molar-refractivity contribution >= 4 is 11.8 Å². The van der Waals surface area contributed by atoms with Crippen LogP contribution in [0.5, 0.6) is 0 Å². The number of nitrogens with one attached hydrogen (secondary N) is 1. The number of thioether (sulfide) groups is 1. The SMILES string of the molecule is Cc1ccc(SCCC[NH+]2C[C@@H](C)O[C@@H](C)C2)cc1. The van der Waals surface area contributed by atoms with Gasteiger partial charge in [0.25, 0.3) is 0 Å². The number of rotatable bonds is 5. The minimum atomic E-state index is 0.420. The van der Waals surface area contributed by atoms with E-state index in [1.807, 2.05) is 11.8 Å². The predicted octanol–water partition coefficient (Wildman–Crippen LogP) is 2.17. The number of hydrogen-bond donors (Lipinski definition) is 1. The highest BCUT2D eigenvalue weighted by atomic mass is 32.2. The second-order valence-corrected chi connectivity index (χ2v) is 6.85.